The van der Waals surface area contributed by atoms with Crippen LogP contribution in [0.3, 0.4) is 0 Å². The summed E-state index contributed by atoms with van der Waals surface area (Å²) in [6.45, 7) is 4.45. The largest absolute Gasteiger partial charge is 0.355 e. The minimum absolute atomic E-state index is 0.654. The van der Waals surface area contributed by atoms with E-state index in [1.807, 2.05) is 0 Å². The molecule has 1 atom stereocenters. The molecular weight excluding hydrogens is 122 g/mol. The summed E-state index contributed by atoms with van der Waals surface area (Å²) < 4.78 is 0. The standard InChI is InChI=1S/C9H21N/c1-3-4-5-6-7-8-9(2)10/h9H,3-8,10H2,1-2H3/p+1/t9-/m0/s1. The summed E-state index contributed by atoms with van der Waals surface area (Å²) in [6.07, 6.45) is 8.27. The summed E-state index contributed by atoms with van der Waals surface area (Å²) in [5.41, 5.74) is 3.96. The van der Waals surface area contributed by atoms with Crippen molar-refractivity contribution in [3.05, 3.63) is 0 Å². The number of hydrogen-bond acceptors (Lipinski definition) is 0. The molecule has 62 valence electrons. The third-order valence-corrected chi connectivity index (χ3v) is 1.80. The number of rotatable bonds is 6. The lowest BCUT2D eigenvalue weighted by Gasteiger charge is -2.00. The highest BCUT2D eigenvalue weighted by atomic mass is 14.6. The lowest BCUT2D eigenvalue weighted by molar-refractivity contribution is -0.415. The van der Waals surface area contributed by atoms with E-state index in [1.54, 1.807) is 0 Å². The Morgan fingerprint density at radius 3 is 2.20 bits per heavy atom. The van der Waals surface area contributed by atoms with Crippen LogP contribution >= 0.6 is 0 Å². The zero-order valence-corrected chi connectivity index (χ0v) is 7.53. The maximum Gasteiger partial charge on any atom is 0.0815 e. The molecule has 0 spiro atoms. The van der Waals surface area contributed by atoms with E-state index in [0.29, 0.717) is 6.04 Å². The molecule has 1 heteroatoms. The molecule has 0 aromatic carbocycles. The van der Waals surface area contributed by atoms with Gasteiger partial charge in [0.2, 0.25) is 0 Å². The van der Waals surface area contributed by atoms with Gasteiger partial charge in [0.25, 0.3) is 0 Å². The molecule has 0 amide bonds. The van der Waals surface area contributed by atoms with Crippen LogP contribution in [0, 0.1) is 0 Å². The minimum atomic E-state index is 0.654. The fourth-order valence-electron chi connectivity index (χ4n) is 1.10. The molecule has 3 N–H and O–H groups in total. The molecule has 0 aliphatic rings. The van der Waals surface area contributed by atoms with E-state index < -0.39 is 0 Å². The fourth-order valence-corrected chi connectivity index (χ4v) is 1.10. The molecule has 0 saturated heterocycles. The molecule has 0 rings (SSSR count). The summed E-state index contributed by atoms with van der Waals surface area (Å²) in [4.78, 5) is 0. The van der Waals surface area contributed by atoms with Gasteiger partial charge in [-0.2, -0.15) is 0 Å². The summed E-state index contributed by atoms with van der Waals surface area (Å²) in [7, 11) is 0. The monoisotopic (exact) mass is 144 g/mol. The van der Waals surface area contributed by atoms with Gasteiger partial charge in [-0.15, -0.1) is 0 Å². The molecule has 10 heavy (non-hydrogen) atoms. The summed E-state index contributed by atoms with van der Waals surface area (Å²) in [5, 5.41) is 0. The van der Waals surface area contributed by atoms with Crippen molar-refractivity contribution in [1.29, 1.82) is 0 Å². The van der Waals surface area contributed by atoms with Gasteiger partial charge in [0.15, 0.2) is 0 Å². The van der Waals surface area contributed by atoms with Crippen molar-refractivity contribution in [2.45, 2.75) is 58.4 Å². The van der Waals surface area contributed by atoms with E-state index in [1.165, 1.54) is 38.5 Å². The Labute approximate surface area is 65.0 Å². The smallest absolute Gasteiger partial charge is 0.0815 e. The van der Waals surface area contributed by atoms with Crippen LogP contribution in [0.15, 0.2) is 0 Å². The molecule has 1 nitrogen and oxygen atoms in total. The molecule has 0 radical (unpaired) electrons. The number of quaternary nitrogens is 1. The average Bonchev–Trinajstić information content (AvgIpc) is 1.87. The predicted molar refractivity (Wildman–Crippen MR) is 45.7 cm³/mol. The zero-order valence-electron chi connectivity index (χ0n) is 7.53. The molecule has 0 heterocycles. The van der Waals surface area contributed by atoms with Gasteiger partial charge in [-0.3, -0.25) is 0 Å². The van der Waals surface area contributed by atoms with E-state index >= 15 is 0 Å². The van der Waals surface area contributed by atoms with Gasteiger partial charge in [-0.05, 0) is 19.8 Å². The Morgan fingerprint density at radius 2 is 1.70 bits per heavy atom. The predicted octanol–water partition coefficient (Wildman–Crippen LogP) is 1.98. The molecule has 0 fully saturated rings. The van der Waals surface area contributed by atoms with Crippen LogP contribution in [-0.4, -0.2) is 6.04 Å². The summed E-state index contributed by atoms with van der Waals surface area (Å²) in [6, 6.07) is 0.654. The number of hydrogen-bond donors (Lipinski definition) is 1. The Hall–Kier alpha value is -0.0400. The fraction of sp³-hybridized carbons (Fsp3) is 1.00. The van der Waals surface area contributed by atoms with Crippen LogP contribution in [-0.2, 0) is 0 Å². The first kappa shape index (κ1) is 9.96. The molecule has 0 unspecified atom stereocenters. The van der Waals surface area contributed by atoms with Gasteiger partial charge in [-0.1, -0.05) is 32.6 Å². The Bertz CT molecular complexity index is 59.7. The maximum absolute atomic E-state index is 3.96. The molecule has 0 aliphatic carbocycles. The van der Waals surface area contributed by atoms with E-state index in [2.05, 4.69) is 19.6 Å². The van der Waals surface area contributed by atoms with Gasteiger partial charge in [0.1, 0.15) is 0 Å². The molecule has 0 aromatic heterocycles. The molecule has 0 bridgehead atoms. The van der Waals surface area contributed by atoms with Crippen LogP contribution < -0.4 is 5.73 Å². The quantitative estimate of drug-likeness (QED) is 0.552. The minimum Gasteiger partial charge on any atom is -0.355 e. The van der Waals surface area contributed by atoms with Crippen molar-refractivity contribution < 1.29 is 5.73 Å². The Morgan fingerprint density at radius 1 is 1.10 bits per heavy atom. The number of unbranched alkanes of at least 4 members (excludes halogenated alkanes) is 4. The molecular formula is C9H22N+. The van der Waals surface area contributed by atoms with Gasteiger partial charge in [0.05, 0.1) is 6.04 Å². The third-order valence-electron chi connectivity index (χ3n) is 1.80. The van der Waals surface area contributed by atoms with E-state index in [0.717, 1.165) is 0 Å². The topological polar surface area (TPSA) is 27.6 Å². The second-order valence-corrected chi connectivity index (χ2v) is 3.31. The van der Waals surface area contributed by atoms with Crippen LogP contribution in [0.2, 0.25) is 0 Å². The van der Waals surface area contributed by atoms with Crippen LogP contribution in [0.1, 0.15) is 52.4 Å². The van der Waals surface area contributed by atoms with E-state index in [9.17, 15) is 0 Å². The van der Waals surface area contributed by atoms with Gasteiger partial charge in [0, 0.05) is 0 Å². The van der Waals surface area contributed by atoms with E-state index in [4.69, 9.17) is 0 Å². The maximum atomic E-state index is 3.96. The second kappa shape index (κ2) is 7.07. The third kappa shape index (κ3) is 7.96. The molecule has 0 aromatic rings. The highest BCUT2D eigenvalue weighted by Crippen LogP contribution is 2.05. The summed E-state index contributed by atoms with van der Waals surface area (Å²) in [5.74, 6) is 0. The zero-order chi connectivity index (χ0) is 7.82. The SMILES string of the molecule is CCCCCCC[C@H](C)[NH3+]. The lowest BCUT2D eigenvalue weighted by atomic mass is 10.1. The van der Waals surface area contributed by atoms with Crippen molar-refractivity contribution in [3.63, 3.8) is 0 Å². The van der Waals surface area contributed by atoms with Crippen LogP contribution in [0.5, 0.6) is 0 Å². The Balaban J connectivity index is 2.77. The van der Waals surface area contributed by atoms with Gasteiger partial charge < -0.3 is 5.73 Å². The lowest BCUT2D eigenvalue weighted by Crippen LogP contribution is -2.58. The van der Waals surface area contributed by atoms with Crippen LogP contribution in [0.4, 0.5) is 0 Å². The van der Waals surface area contributed by atoms with Crippen molar-refractivity contribution in [1.82, 2.24) is 0 Å². The van der Waals surface area contributed by atoms with Crippen molar-refractivity contribution >= 4 is 0 Å². The highest BCUT2D eigenvalue weighted by Gasteiger charge is 1.95. The first-order valence-electron chi connectivity index (χ1n) is 4.60. The van der Waals surface area contributed by atoms with E-state index in [-0.39, 0.29) is 0 Å². The first-order chi connectivity index (χ1) is 4.77. The average molecular weight is 144 g/mol. The normalized spacial score (nSPS) is 13.5. The highest BCUT2D eigenvalue weighted by molar-refractivity contribution is 4.47. The van der Waals surface area contributed by atoms with Crippen molar-refractivity contribution in [3.8, 4) is 0 Å². The first-order valence-corrected chi connectivity index (χ1v) is 4.60. The molecule has 0 aliphatic heterocycles. The van der Waals surface area contributed by atoms with Gasteiger partial charge in [-0.25, -0.2) is 0 Å². The van der Waals surface area contributed by atoms with Gasteiger partial charge >= 0.3 is 0 Å². The van der Waals surface area contributed by atoms with Crippen LogP contribution in [0.25, 0.3) is 0 Å². The Kier molecular flexibility index (Phi) is 7.04. The second-order valence-electron chi connectivity index (χ2n) is 3.31. The summed E-state index contributed by atoms with van der Waals surface area (Å²) >= 11 is 0. The van der Waals surface area contributed by atoms with Crippen molar-refractivity contribution in [2.75, 3.05) is 0 Å². The van der Waals surface area contributed by atoms with Crippen molar-refractivity contribution in [2.24, 2.45) is 0 Å². The molecule has 0 saturated carbocycles.